The van der Waals surface area contributed by atoms with Gasteiger partial charge < -0.3 is 0 Å². The fourth-order valence-corrected chi connectivity index (χ4v) is 13.1. The van der Waals surface area contributed by atoms with E-state index in [4.69, 9.17) is 4.03 Å². The first kappa shape index (κ1) is 19.8. The van der Waals surface area contributed by atoms with Gasteiger partial charge in [-0.15, -0.1) is 0 Å². The van der Waals surface area contributed by atoms with Gasteiger partial charge in [-0.1, -0.05) is 81.4 Å². The van der Waals surface area contributed by atoms with Crippen LogP contribution in [0.4, 0.5) is 0 Å². The quantitative estimate of drug-likeness (QED) is 0.805. The maximum absolute atomic E-state index is 13.8. The average molecular weight is 401 g/mol. The summed E-state index contributed by atoms with van der Waals surface area (Å²) in [5, 5.41) is 1.97. The van der Waals surface area contributed by atoms with Crippen molar-refractivity contribution in [1.82, 2.24) is 4.72 Å². The topological polar surface area (TPSA) is 58.5 Å². The molecule has 1 amide bonds. The number of hydrogen-bond donors (Lipinski definition) is 1. The number of carbonyl (C=O) groups excluding carboxylic acids is 1. The van der Waals surface area contributed by atoms with E-state index in [0.717, 1.165) is 10.4 Å². The molecule has 0 radical (unpaired) electrons. The van der Waals surface area contributed by atoms with E-state index in [1.165, 1.54) is 0 Å². The van der Waals surface area contributed by atoms with Gasteiger partial charge in [-0.05, 0) is 29.3 Å². The van der Waals surface area contributed by atoms with Gasteiger partial charge in [0, 0.05) is 0 Å². The fourth-order valence-electron chi connectivity index (χ4n) is 3.78. The van der Waals surface area contributed by atoms with Gasteiger partial charge in [0.2, 0.25) is 5.91 Å². The molecule has 1 aliphatic rings. The van der Waals surface area contributed by atoms with Gasteiger partial charge in [0.25, 0.3) is 8.24 Å². The Balaban J connectivity index is 2.37. The third kappa shape index (κ3) is 3.48. The molecule has 0 aliphatic carbocycles. The smallest absolute Gasteiger partial charge is 0.262 e. The standard InChI is InChI=1S/C21H28N2O2SSi/c1-20(2,3)27(17-12-8-6-9-13-17,18-14-10-7-11-15-18)23-26(25)16-21(4,5)19(24)22-26/h6-15H,16H2,1-5H3,(H,22,23,24,25). The number of amides is 1. The Morgan fingerprint density at radius 3 is 1.74 bits per heavy atom. The van der Waals surface area contributed by atoms with Crippen LogP contribution in [0.1, 0.15) is 34.6 Å². The van der Waals surface area contributed by atoms with E-state index in [9.17, 15) is 9.00 Å². The molecular formula is C21H28N2O2SSi. The molecule has 3 rings (SSSR count). The summed E-state index contributed by atoms with van der Waals surface area (Å²) in [5.74, 6) is 0.0535. The second-order valence-electron chi connectivity index (χ2n) is 8.88. The summed E-state index contributed by atoms with van der Waals surface area (Å²) < 4.78 is 21.6. The lowest BCUT2D eigenvalue weighted by atomic mass is 9.96. The Morgan fingerprint density at radius 1 is 0.963 bits per heavy atom. The van der Waals surface area contributed by atoms with E-state index >= 15 is 0 Å². The Bertz CT molecular complexity index is 917. The van der Waals surface area contributed by atoms with Crippen molar-refractivity contribution in [1.29, 1.82) is 0 Å². The van der Waals surface area contributed by atoms with Crippen LogP contribution in [-0.2, 0) is 14.7 Å². The number of rotatable bonds is 3. The molecule has 0 bridgehead atoms. The first-order valence-electron chi connectivity index (χ1n) is 9.19. The van der Waals surface area contributed by atoms with Gasteiger partial charge in [0.1, 0.15) is 9.92 Å². The van der Waals surface area contributed by atoms with Gasteiger partial charge in [-0.25, -0.2) is 8.24 Å². The Morgan fingerprint density at radius 2 is 1.41 bits per heavy atom. The number of benzene rings is 2. The van der Waals surface area contributed by atoms with Gasteiger partial charge in [-0.3, -0.25) is 9.52 Å². The highest BCUT2D eigenvalue weighted by Crippen LogP contribution is 2.38. The predicted molar refractivity (Wildman–Crippen MR) is 115 cm³/mol. The number of nitrogens with zero attached hydrogens (tertiary/aromatic N) is 1. The van der Waals surface area contributed by atoms with Crippen molar-refractivity contribution >= 4 is 34.4 Å². The van der Waals surface area contributed by atoms with Gasteiger partial charge in [0.15, 0.2) is 0 Å². The molecule has 2 aromatic rings. The van der Waals surface area contributed by atoms with Crippen molar-refractivity contribution in [2.24, 2.45) is 9.44 Å². The molecule has 1 atom stereocenters. The summed E-state index contributed by atoms with van der Waals surface area (Å²) in [6.45, 7) is 10.1. The zero-order valence-corrected chi connectivity index (χ0v) is 18.5. The molecular weight excluding hydrogens is 372 g/mol. The molecule has 6 heteroatoms. The highest BCUT2D eigenvalue weighted by atomic mass is 32.2. The van der Waals surface area contributed by atoms with E-state index < -0.39 is 23.6 Å². The summed E-state index contributed by atoms with van der Waals surface area (Å²) in [6, 6.07) is 20.3. The summed E-state index contributed by atoms with van der Waals surface area (Å²) in [6.07, 6.45) is 0. The van der Waals surface area contributed by atoms with Crippen molar-refractivity contribution in [3.05, 3.63) is 60.7 Å². The first-order chi connectivity index (χ1) is 12.5. The molecule has 1 N–H and O–H groups in total. The second-order valence-corrected chi connectivity index (χ2v) is 15.5. The Labute approximate surface area is 163 Å². The van der Waals surface area contributed by atoms with Crippen LogP contribution in [-0.4, -0.2) is 24.1 Å². The Hall–Kier alpha value is -1.92. The molecule has 0 aromatic heterocycles. The minimum Gasteiger partial charge on any atom is -0.273 e. The predicted octanol–water partition coefficient (Wildman–Crippen LogP) is 3.09. The lowest BCUT2D eigenvalue weighted by Gasteiger charge is -2.40. The minimum absolute atomic E-state index is 0.186. The van der Waals surface area contributed by atoms with Crippen LogP contribution in [0, 0.1) is 5.41 Å². The minimum atomic E-state index is -2.86. The molecule has 1 unspecified atom stereocenters. The van der Waals surface area contributed by atoms with Crippen LogP contribution in [0.25, 0.3) is 0 Å². The first-order valence-corrected chi connectivity index (χ1v) is 12.8. The summed E-state index contributed by atoms with van der Waals surface area (Å²) in [5.41, 5.74) is -0.675. The highest BCUT2D eigenvalue weighted by Gasteiger charge is 2.52. The van der Waals surface area contributed by atoms with Crippen molar-refractivity contribution in [2.45, 2.75) is 39.7 Å². The number of carbonyl (C=O) groups is 1. The summed E-state index contributed by atoms with van der Waals surface area (Å²) in [4.78, 5) is 12.4. The number of hydrogen-bond acceptors (Lipinski definition) is 3. The SMILES string of the molecule is CC1(C)CS(=O)(=N[Si](c2ccccc2)(c2ccccc2)C(C)(C)C)NC1=O. The van der Waals surface area contributed by atoms with Crippen LogP contribution in [0.2, 0.25) is 5.04 Å². The number of nitrogens with one attached hydrogen (secondary N) is 1. The molecule has 4 nitrogen and oxygen atoms in total. The van der Waals surface area contributed by atoms with Crippen molar-refractivity contribution in [2.75, 3.05) is 5.75 Å². The lowest BCUT2D eigenvalue weighted by Crippen LogP contribution is -2.64. The molecule has 1 heterocycles. The van der Waals surface area contributed by atoms with E-state index in [2.05, 4.69) is 49.8 Å². The fraction of sp³-hybridized carbons (Fsp3) is 0.381. The third-order valence-corrected chi connectivity index (χ3v) is 13.6. The molecule has 0 spiro atoms. The van der Waals surface area contributed by atoms with Crippen LogP contribution >= 0.6 is 0 Å². The van der Waals surface area contributed by atoms with E-state index in [-0.39, 0.29) is 16.7 Å². The van der Waals surface area contributed by atoms with E-state index in [1.54, 1.807) is 0 Å². The Kier molecular flexibility index (Phi) is 4.85. The molecule has 1 aliphatic heterocycles. The van der Waals surface area contributed by atoms with Crippen LogP contribution in [0.15, 0.2) is 64.7 Å². The molecule has 1 saturated heterocycles. The van der Waals surface area contributed by atoms with Crippen molar-refractivity contribution < 1.29 is 9.00 Å². The third-order valence-electron chi connectivity index (χ3n) is 5.18. The van der Waals surface area contributed by atoms with Crippen molar-refractivity contribution in [3.8, 4) is 0 Å². The zero-order valence-electron chi connectivity index (χ0n) is 16.7. The maximum atomic E-state index is 13.8. The monoisotopic (exact) mass is 400 g/mol. The van der Waals surface area contributed by atoms with Crippen LogP contribution < -0.4 is 15.1 Å². The summed E-state index contributed by atoms with van der Waals surface area (Å²) in [7, 11) is -5.70. The van der Waals surface area contributed by atoms with Crippen molar-refractivity contribution in [3.63, 3.8) is 0 Å². The van der Waals surface area contributed by atoms with Crippen LogP contribution in [0.3, 0.4) is 0 Å². The lowest BCUT2D eigenvalue weighted by molar-refractivity contribution is -0.125. The largest absolute Gasteiger partial charge is 0.273 e. The van der Waals surface area contributed by atoms with Gasteiger partial charge in [0.05, 0.1) is 11.2 Å². The summed E-state index contributed by atoms with van der Waals surface area (Å²) >= 11 is 0. The molecule has 144 valence electrons. The van der Waals surface area contributed by atoms with Gasteiger partial charge >= 0.3 is 0 Å². The van der Waals surface area contributed by atoms with E-state index in [0.29, 0.717) is 0 Å². The maximum Gasteiger partial charge on any atom is 0.262 e. The second kappa shape index (κ2) is 6.60. The molecule has 27 heavy (non-hydrogen) atoms. The average Bonchev–Trinajstić information content (AvgIpc) is 2.80. The molecule has 0 saturated carbocycles. The zero-order chi connectivity index (χ0) is 19.9. The molecule has 1 fully saturated rings. The van der Waals surface area contributed by atoms with E-state index in [1.807, 2.05) is 50.2 Å². The normalized spacial score (nSPS) is 22.3. The van der Waals surface area contributed by atoms with Gasteiger partial charge in [-0.2, -0.15) is 0 Å². The van der Waals surface area contributed by atoms with Crippen LogP contribution in [0.5, 0.6) is 0 Å². The highest BCUT2D eigenvalue weighted by molar-refractivity contribution is 7.93. The molecule has 2 aromatic carbocycles.